The zero-order chi connectivity index (χ0) is 21.8. The molecule has 3 aromatic rings. The van der Waals surface area contributed by atoms with Crippen LogP contribution in [0.4, 0.5) is 10.5 Å². The molecule has 1 fully saturated rings. The Morgan fingerprint density at radius 2 is 2.03 bits per heavy atom. The Morgan fingerprint density at radius 3 is 2.71 bits per heavy atom. The number of aromatic nitrogens is 5. The smallest absolute Gasteiger partial charge is 0.441 e. The van der Waals surface area contributed by atoms with Crippen molar-refractivity contribution in [2.45, 2.75) is 18.6 Å². The monoisotopic (exact) mass is 445 g/mol. The summed E-state index contributed by atoms with van der Waals surface area (Å²) in [5.41, 5.74) is 4.16. The molecular weight excluding hydrogens is 427 g/mol. The number of rotatable bonds is 5. The second-order valence-electron chi connectivity index (χ2n) is 7.27. The van der Waals surface area contributed by atoms with Crippen molar-refractivity contribution in [1.29, 1.82) is 0 Å². The van der Waals surface area contributed by atoms with Gasteiger partial charge in [-0.3, -0.25) is 9.88 Å². The maximum atomic E-state index is 12.3. The molecule has 1 aromatic carbocycles. The molecule has 0 radical (unpaired) electrons. The van der Waals surface area contributed by atoms with Crippen molar-refractivity contribution in [2.24, 2.45) is 7.05 Å². The third kappa shape index (κ3) is 3.64. The average Bonchev–Trinajstić information content (AvgIpc) is 3.40. The number of ether oxygens (including phenoxy) is 1. The number of cyclic esters (lactones) is 1. The highest BCUT2D eigenvalue weighted by atomic mass is 31.2. The number of pyridine rings is 1. The molecule has 160 valence electrons. The van der Waals surface area contributed by atoms with Crippen molar-refractivity contribution < 1.29 is 28.7 Å². The van der Waals surface area contributed by atoms with Gasteiger partial charge in [-0.15, -0.1) is 9.62 Å². The van der Waals surface area contributed by atoms with Crippen LogP contribution < -0.4 is 4.90 Å². The zero-order valence-corrected chi connectivity index (χ0v) is 17.1. The molecule has 2 aliphatic heterocycles. The Kier molecular flexibility index (Phi) is 4.68. The minimum absolute atomic E-state index is 0.312. The largest absolute Gasteiger partial charge is 0.567 e. The molecule has 31 heavy (non-hydrogen) atoms. The van der Waals surface area contributed by atoms with Gasteiger partial charge in [0.2, 0.25) is 0 Å². The number of hydrogen-bond donors (Lipinski definition) is 3. The highest BCUT2D eigenvalue weighted by Crippen LogP contribution is 2.47. The fraction of sp³-hybridized carbons (Fsp3) is 0.278. The highest BCUT2D eigenvalue weighted by molar-refractivity contribution is 7.53. The SMILES string of the molecule is Cn1nnnc1-c1ccc(-c2ccc3c(c2)C[C@H]2[C@H](CO[P+](O)(O)O)OC(=O)N32)cn1. The minimum atomic E-state index is -4.40. The Bertz CT molecular complexity index is 1150. The van der Waals surface area contributed by atoms with E-state index in [2.05, 4.69) is 25.0 Å². The predicted octanol–water partition coefficient (Wildman–Crippen LogP) is 0.860. The molecule has 3 N–H and O–H groups in total. The first-order chi connectivity index (χ1) is 14.8. The van der Waals surface area contributed by atoms with Gasteiger partial charge >= 0.3 is 14.3 Å². The third-order valence-corrected chi connectivity index (χ3v) is 5.83. The fourth-order valence-corrected chi connectivity index (χ4v) is 4.26. The van der Waals surface area contributed by atoms with E-state index in [4.69, 9.17) is 19.4 Å². The van der Waals surface area contributed by atoms with Crippen molar-refractivity contribution in [1.82, 2.24) is 25.2 Å². The first-order valence-electron chi connectivity index (χ1n) is 9.34. The van der Waals surface area contributed by atoms with Crippen LogP contribution in [0.3, 0.4) is 0 Å². The van der Waals surface area contributed by atoms with E-state index in [-0.39, 0.29) is 12.6 Å². The van der Waals surface area contributed by atoms with Crippen LogP contribution >= 0.6 is 8.17 Å². The van der Waals surface area contributed by atoms with Gasteiger partial charge in [0.1, 0.15) is 12.3 Å². The van der Waals surface area contributed by atoms with E-state index in [9.17, 15) is 4.79 Å². The Hall–Kier alpha value is -3.02. The lowest BCUT2D eigenvalue weighted by Gasteiger charge is -2.15. The first-order valence-corrected chi connectivity index (χ1v) is 10.9. The van der Waals surface area contributed by atoms with Crippen LogP contribution in [-0.4, -0.2) is 64.7 Å². The van der Waals surface area contributed by atoms with Crippen molar-refractivity contribution in [2.75, 3.05) is 11.5 Å². The van der Waals surface area contributed by atoms with Gasteiger partial charge in [0.25, 0.3) is 0 Å². The van der Waals surface area contributed by atoms with Gasteiger partial charge in [0, 0.05) is 18.8 Å². The van der Waals surface area contributed by atoms with Crippen molar-refractivity contribution >= 4 is 20.0 Å². The average molecular weight is 445 g/mol. The standard InChI is InChI=1S/C18H18N6O6P/c1-23-17(20-21-22-23)13-4-2-11(8-19-13)10-3-5-14-12(6-10)7-15-16(9-29-31(26,27)28)30-18(25)24(14)15/h2-6,8,15-16,26-28H,7,9H2,1H3/q+1/t15-,16-/m0/s1. The number of anilines is 1. The lowest BCUT2D eigenvalue weighted by atomic mass is 10.0. The van der Waals surface area contributed by atoms with Gasteiger partial charge in [-0.1, -0.05) is 12.1 Å². The molecule has 0 saturated carbocycles. The van der Waals surface area contributed by atoms with Gasteiger partial charge in [0.05, 0.1) is 11.7 Å². The molecule has 1 saturated heterocycles. The van der Waals surface area contributed by atoms with Gasteiger partial charge in [-0.05, 0) is 46.2 Å². The zero-order valence-electron chi connectivity index (χ0n) is 16.2. The summed E-state index contributed by atoms with van der Waals surface area (Å²) in [6.07, 6.45) is 0.980. The fourth-order valence-electron chi connectivity index (χ4n) is 3.92. The number of carbonyl (C=O) groups excluding carboxylic acids is 1. The van der Waals surface area contributed by atoms with E-state index in [1.54, 1.807) is 17.9 Å². The van der Waals surface area contributed by atoms with Crippen molar-refractivity contribution in [3.8, 4) is 22.6 Å². The molecule has 4 heterocycles. The third-order valence-electron chi connectivity index (χ3n) is 5.34. The summed E-state index contributed by atoms with van der Waals surface area (Å²) in [4.78, 5) is 45.4. The number of benzene rings is 1. The molecule has 0 spiro atoms. The molecule has 2 aromatic heterocycles. The molecule has 13 heteroatoms. The normalized spacial score (nSPS) is 20.0. The maximum Gasteiger partial charge on any atom is 0.567 e. The van der Waals surface area contributed by atoms with Crippen LogP contribution in [0.2, 0.25) is 0 Å². The van der Waals surface area contributed by atoms with Gasteiger partial charge in [-0.25, -0.2) is 9.48 Å². The quantitative estimate of drug-likeness (QED) is 0.481. The van der Waals surface area contributed by atoms with Crippen LogP contribution in [0.25, 0.3) is 22.6 Å². The summed E-state index contributed by atoms with van der Waals surface area (Å²) in [6.45, 7) is -0.312. The second-order valence-corrected chi connectivity index (χ2v) is 8.56. The summed E-state index contributed by atoms with van der Waals surface area (Å²) in [5.74, 6) is 0.563. The van der Waals surface area contributed by atoms with Crippen LogP contribution in [0.1, 0.15) is 5.56 Å². The molecule has 0 bridgehead atoms. The van der Waals surface area contributed by atoms with E-state index >= 15 is 0 Å². The van der Waals surface area contributed by atoms with Crippen LogP contribution in [-0.2, 0) is 22.7 Å². The number of fused-ring (bicyclic) bond motifs is 3. The van der Waals surface area contributed by atoms with E-state index in [1.165, 1.54) is 4.90 Å². The summed E-state index contributed by atoms with van der Waals surface area (Å²) < 4.78 is 11.5. The number of aryl methyl sites for hydroxylation is 1. The first kappa shape index (κ1) is 19.9. The minimum Gasteiger partial charge on any atom is -0.441 e. The van der Waals surface area contributed by atoms with E-state index < -0.39 is 20.4 Å². The molecule has 5 rings (SSSR count). The topological polar surface area (TPSA) is 156 Å². The molecular formula is C18H18N6O6P+. The van der Waals surface area contributed by atoms with Gasteiger partial charge in [-0.2, -0.15) is 14.7 Å². The molecule has 2 aliphatic rings. The van der Waals surface area contributed by atoms with E-state index in [0.717, 1.165) is 22.4 Å². The summed E-state index contributed by atoms with van der Waals surface area (Å²) in [7, 11) is -2.66. The number of hydrogen-bond acceptors (Lipinski definition) is 10. The Balaban J connectivity index is 1.38. The van der Waals surface area contributed by atoms with Crippen molar-refractivity contribution in [3.05, 3.63) is 42.1 Å². The molecule has 0 aliphatic carbocycles. The lowest BCUT2D eigenvalue weighted by Crippen LogP contribution is -2.35. The van der Waals surface area contributed by atoms with Gasteiger partial charge in [0.15, 0.2) is 11.9 Å². The summed E-state index contributed by atoms with van der Waals surface area (Å²) in [6, 6.07) is 9.13. The number of nitrogens with zero attached hydrogens (tertiary/aromatic N) is 6. The summed E-state index contributed by atoms with van der Waals surface area (Å²) in [5, 5.41) is 11.4. The highest BCUT2D eigenvalue weighted by Gasteiger charge is 2.49. The van der Waals surface area contributed by atoms with E-state index in [1.807, 2.05) is 30.3 Å². The van der Waals surface area contributed by atoms with Crippen LogP contribution in [0.5, 0.6) is 0 Å². The number of carbonyl (C=O) groups is 1. The second kappa shape index (κ2) is 7.29. The van der Waals surface area contributed by atoms with Crippen molar-refractivity contribution in [3.63, 3.8) is 0 Å². The molecule has 2 atom stereocenters. The molecule has 0 unspecified atom stereocenters. The van der Waals surface area contributed by atoms with Crippen LogP contribution in [0.15, 0.2) is 36.5 Å². The van der Waals surface area contributed by atoms with E-state index in [0.29, 0.717) is 17.9 Å². The molecule has 1 amide bonds. The number of amides is 1. The lowest BCUT2D eigenvalue weighted by molar-refractivity contribution is 0.0659. The van der Waals surface area contributed by atoms with Gasteiger partial charge < -0.3 is 4.74 Å². The number of tetrazole rings is 1. The van der Waals surface area contributed by atoms with Crippen LogP contribution in [0, 0.1) is 0 Å². The Morgan fingerprint density at radius 1 is 1.23 bits per heavy atom. The summed E-state index contributed by atoms with van der Waals surface area (Å²) >= 11 is 0. The molecule has 12 nitrogen and oxygen atoms in total. The predicted molar refractivity (Wildman–Crippen MR) is 107 cm³/mol. The Labute approximate surface area is 176 Å². The maximum absolute atomic E-state index is 12.3.